The molecule has 0 spiro atoms. The predicted molar refractivity (Wildman–Crippen MR) is 75.1 cm³/mol. The minimum absolute atomic E-state index is 0.149. The number of carbonyl (C=O) groups excluding carboxylic acids is 1. The molecule has 0 amide bonds. The molecule has 2 rings (SSSR count). The quantitative estimate of drug-likeness (QED) is 0.845. The molecule has 6 nitrogen and oxygen atoms in total. The lowest BCUT2D eigenvalue weighted by Gasteiger charge is -2.20. The fourth-order valence-electron chi connectivity index (χ4n) is 2.02. The summed E-state index contributed by atoms with van der Waals surface area (Å²) in [7, 11) is 0. The summed E-state index contributed by atoms with van der Waals surface area (Å²) in [6.07, 6.45) is 1.61. The van der Waals surface area contributed by atoms with E-state index in [4.69, 9.17) is 5.11 Å². The molecule has 1 atom stereocenters. The van der Waals surface area contributed by atoms with E-state index in [1.54, 1.807) is 6.07 Å². The summed E-state index contributed by atoms with van der Waals surface area (Å²) in [5.74, 6) is -2.21. The highest BCUT2D eigenvalue weighted by atomic mass is 32.2. The van der Waals surface area contributed by atoms with Gasteiger partial charge in [0.2, 0.25) is 0 Å². The Morgan fingerprint density at radius 3 is 2.90 bits per heavy atom. The van der Waals surface area contributed by atoms with E-state index in [1.165, 1.54) is 23.9 Å². The summed E-state index contributed by atoms with van der Waals surface area (Å²) in [6, 6.07) is 4.20. The van der Waals surface area contributed by atoms with E-state index in [0.717, 1.165) is 5.56 Å². The predicted octanol–water partition coefficient (Wildman–Crippen LogP) is 0.580. The molecular formula is C13H13N2O4S-. The molecule has 106 valence electrons. The normalized spacial score (nSPS) is 17.4. The van der Waals surface area contributed by atoms with Crippen molar-refractivity contribution in [2.75, 3.05) is 11.6 Å². The van der Waals surface area contributed by atoms with E-state index in [1.807, 2.05) is 6.26 Å². The molecule has 0 radical (unpaired) electrons. The van der Waals surface area contributed by atoms with Crippen molar-refractivity contribution in [1.82, 2.24) is 0 Å². The van der Waals surface area contributed by atoms with Gasteiger partial charge in [-0.3, -0.25) is 4.99 Å². The summed E-state index contributed by atoms with van der Waals surface area (Å²) in [5.41, 5.74) is 1.59. The van der Waals surface area contributed by atoms with Crippen LogP contribution in [0.15, 0.2) is 23.2 Å². The topological polar surface area (TPSA) is 102 Å². The Balaban J connectivity index is 2.36. The fraction of sp³-hybridized carbons (Fsp3) is 0.308. The van der Waals surface area contributed by atoms with Gasteiger partial charge in [0.1, 0.15) is 0 Å². The molecule has 0 saturated heterocycles. The molecule has 1 aromatic carbocycles. The average molecular weight is 293 g/mol. The average Bonchev–Trinajstić information content (AvgIpc) is 2.55. The molecule has 0 saturated carbocycles. The first-order valence-corrected chi connectivity index (χ1v) is 7.14. The Kier molecular flexibility index (Phi) is 4.29. The molecule has 1 aliphatic rings. The Morgan fingerprint density at radius 2 is 2.30 bits per heavy atom. The van der Waals surface area contributed by atoms with Gasteiger partial charge in [0, 0.05) is 18.1 Å². The maximum Gasteiger partial charge on any atom is 0.335 e. The number of rotatable bonds is 3. The number of anilines is 1. The second kappa shape index (κ2) is 5.96. The molecule has 1 heterocycles. The molecule has 1 aliphatic heterocycles. The molecule has 0 bridgehead atoms. The number of aromatic carboxylic acids is 1. The molecule has 0 fully saturated rings. The number of carboxylic acid groups (broad SMARTS) is 2. The number of hydrogen-bond donors (Lipinski definition) is 2. The third-order valence-corrected chi connectivity index (χ3v) is 3.80. The van der Waals surface area contributed by atoms with E-state index in [2.05, 4.69) is 10.3 Å². The maximum atomic E-state index is 11.0. The Bertz CT molecular complexity index is 586. The van der Waals surface area contributed by atoms with Gasteiger partial charge in [-0.25, -0.2) is 4.79 Å². The number of benzene rings is 1. The fourth-order valence-corrected chi connectivity index (χ4v) is 2.64. The zero-order valence-electron chi connectivity index (χ0n) is 10.8. The summed E-state index contributed by atoms with van der Waals surface area (Å²) in [6.45, 7) is 0.391. The summed E-state index contributed by atoms with van der Waals surface area (Å²) in [4.78, 5) is 26.2. The second-order valence-electron chi connectivity index (χ2n) is 4.31. The maximum absolute atomic E-state index is 11.0. The summed E-state index contributed by atoms with van der Waals surface area (Å²) >= 11 is 1.37. The van der Waals surface area contributed by atoms with Gasteiger partial charge in [-0.1, -0.05) is 6.07 Å². The zero-order chi connectivity index (χ0) is 14.7. The summed E-state index contributed by atoms with van der Waals surface area (Å²) < 4.78 is 0. The van der Waals surface area contributed by atoms with Crippen LogP contribution in [-0.2, 0) is 11.3 Å². The third kappa shape index (κ3) is 3.11. The minimum atomic E-state index is -1.18. The standard InChI is InChI=1S/C13H14N2O4S/c1-20-12-10(5-11(16)17)15-9-4-7(13(18)19)2-3-8(9)6-14-12/h2-4,10,15H,5-6H2,1H3,(H,16,17)(H,18,19)/p-1. The van der Waals surface area contributed by atoms with Crippen molar-refractivity contribution in [3.05, 3.63) is 29.3 Å². The molecular weight excluding hydrogens is 280 g/mol. The van der Waals surface area contributed by atoms with Gasteiger partial charge < -0.3 is 20.3 Å². The minimum Gasteiger partial charge on any atom is -0.550 e. The van der Waals surface area contributed by atoms with Crippen LogP contribution in [0.1, 0.15) is 22.3 Å². The zero-order valence-corrected chi connectivity index (χ0v) is 11.6. The molecule has 20 heavy (non-hydrogen) atoms. The van der Waals surface area contributed by atoms with Crippen molar-refractivity contribution in [2.24, 2.45) is 4.99 Å². The number of thioether (sulfide) groups is 1. The van der Waals surface area contributed by atoms with Gasteiger partial charge >= 0.3 is 5.97 Å². The van der Waals surface area contributed by atoms with Crippen LogP contribution in [0.5, 0.6) is 0 Å². The highest BCUT2D eigenvalue weighted by Crippen LogP contribution is 2.25. The van der Waals surface area contributed by atoms with E-state index < -0.39 is 18.0 Å². The number of carbonyl (C=O) groups is 2. The van der Waals surface area contributed by atoms with Crippen molar-refractivity contribution in [1.29, 1.82) is 0 Å². The lowest BCUT2D eigenvalue weighted by molar-refractivity contribution is -0.305. The van der Waals surface area contributed by atoms with Gasteiger partial charge in [-0.15, -0.1) is 11.8 Å². The first kappa shape index (κ1) is 14.4. The number of nitrogens with zero attached hydrogens (tertiary/aromatic N) is 1. The lowest BCUT2D eigenvalue weighted by Crippen LogP contribution is -2.35. The largest absolute Gasteiger partial charge is 0.550 e. The van der Waals surface area contributed by atoms with E-state index in [0.29, 0.717) is 17.3 Å². The van der Waals surface area contributed by atoms with Gasteiger partial charge in [0.25, 0.3) is 0 Å². The second-order valence-corrected chi connectivity index (χ2v) is 5.14. The monoisotopic (exact) mass is 293 g/mol. The Morgan fingerprint density at radius 1 is 1.55 bits per heavy atom. The highest BCUT2D eigenvalue weighted by Gasteiger charge is 2.21. The van der Waals surface area contributed by atoms with Crippen molar-refractivity contribution in [2.45, 2.75) is 19.0 Å². The molecule has 7 heteroatoms. The SMILES string of the molecule is CSC1=NCc2ccc(C(=O)O)cc2NC1CC(=O)[O-]. The highest BCUT2D eigenvalue weighted by molar-refractivity contribution is 8.13. The lowest BCUT2D eigenvalue weighted by atomic mass is 10.1. The third-order valence-electron chi connectivity index (χ3n) is 2.97. The van der Waals surface area contributed by atoms with Crippen molar-refractivity contribution < 1.29 is 19.8 Å². The van der Waals surface area contributed by atoms with Crippen molar-refractivity contribution in [3.63, 3.8) is 0 Å². The van der Waals surface area contributed by atoms with E-state index >= 15 is 0 Å². The number of aliphatic carboxylic acids is 1. The van der Waals surface area contributed by atoms with Gasteiger partial charge in [-0.05, 0) is 24.0 Å². The molecule has 0 aliphatic carbocycles. The van der Waals surface area contributed by atoms with Crippen LogP contribution in [0, 0.1) is 0 Å². The molecule has 2 N–H and O–H groups in total. The van der Waals surface area contributed by atoms with Crippen molar-refractivity contribution in [3.8, 4) is 0 Å². The number of fused-ring (bicyclic) bond motifs is 1. The summed E-state index contributed by atoms with van der Waals surface area (Å²) in [5, 5.41) is 23.5. The van der Waals surface area contributed by atoms with Crippen LogP contribution >= 0.6 is 11.8 Å². The Hall–Kier alpha value is -2.02. The molecule has 1 unspecified atom stereocenters. The van der Waals surface area contributed by atoms with Gasteiger partial charge in [-0.2, -0.15) is 0 Å². The van der Waals surface area contributed by atoms with E-state index in [9.17, 15) is 14.7 Å². The van der Waals surface area contributed by atoms with Gasteiger partial charge in [0.15, 0.2) is 0 Å². The molecule has 0 aromatic heterocycles. The van der Waals surface area contributed by atoms with Gasteiger partial charge in [0.05, 0.1) is 23.2 Å². The van der Waals surface area contributed by atoms with E-state index in [-0.39, 0.29) is 12.0 Å². The van der Waals surface area contributed by atoms with Crippen LogP contribution in [-0.4, -0.2) is 34.4 Å². The first-order chi connectivity index (χ1) is 9.51. The van der Waals surface area contributed by atoms with Crippen LogP contribution in [0.2, 0.25) is 0 Å². The van der Waals surface area contributed by atoms with Crippen LogP contribution in [0.4, 0.5) is 5.69 Å². The number of nitrogens with one attached hydrogen (secondary N) is 1. The van der Waals surface area contributed by atoms with Crippen LogP contribution in [0.3, 0.4) is 0 Å². The first-order valence-electron chi connectivity index (χ1n) is 5.92. The van der Waals surface area contributed by atoms with Crippen molar-refractivity contribution >= 4 is 34.4 Å². The number of hydrogen-bond acceptors (Lipinski definition) is 6. The number of aliphatic imine (C=N–C) groups is 1. The van der Waals surface area contributed by atoms with Crippen LogP contribution in [0.25, 0.3) is 0 Å². The molecule has 1 aromatic rings. The number of carboxylic acids is 2. The van der Waals surface area contributed by atoms with Crippen LogP contribution < -0.4 is 10.4 Å². The Labute approximate surface area is 119 Å². The smallest absolute Gasteiger partial charge is 0.335 e.